The van der Waals surface area contributed by atoms with Gasteiger partial charge in [0.2, 0.25) is 12.3 Å². The van der Waals surface area contributed by atoms with E-state index in [4.69, 9.17) is 30.0 Å². The van der Waals surface area contributed by atoms with E-state index in [-0.39, 0.29) is 151 Å². The SMILES string of the molecule is O.O.O.O.O.O.O=C([O-])O.O=C([O-])O.[Na+].[Na+].[Na+].[Na+]. The molecule has 0 saturated carbocycles. The molecule has 0 heterocycles. The summed E-state index contributed by atoms with van der Waals surface area (Å²) < 4.78 is 0. The molecule has 0 spiro atoms. The number of carboxylic acid groups (broad SMARTS) is 4. The van der Waals surface area contributed by atoms with E-state index in [2.05, 4.69) is 0 Å². The Morgan fingerprint density at radius 1 is 0.556 bits per heavy atom. The molecule has 0 fully saturated rings. The molecule has 0 aliphatic carbocycles. The van der Waals surface area contributed by atoms with Crippen LogP contribution in [0, 0.1) is 0 Å². The molecule has 0 saturated heterocycles. The molecule has 14 N–H and O–H groups in total. The van der Waals surface area contributed by atoms with Crippen LogP contribution in [0.3, 0.4) is 0 Å². The molecule has 0 aromatic rings. The number of hydrogen-bond donors (Lipinski definition) is 2. The van der Waals surface area contributed by atoms with E-state index in [9.17, 15) is 0 Å². The molecule has 0 aliphatic heterocycles. The van der Waals surface area contributed by atoms with Gasteiger partial charge in [0.25, 0.3) is 0 Å². The number of rotatable bonds is 0. The molecule has 16 heteroatoms. The molecule has 12 nitrogen and oxygen atoms in total. The smallest absolute Gasteiger partial charge is 0.565 e. The summed E-state index contributed by atoms with van der Waals surface area (Å²) in [4.78, 5) is 16.9. The van der Waals surface area contributed by atoms with Gasteiger partial charge in [0, 0.05) is 0 Å². The van der Waals surface area contributed by atoms with E-state index in [1.165, 1.54) is 0 Å². The fourth-order valence-corrected chi connectivity index (χ4v) is 0. The molecule has 96 valence electrons. The van der Waals surface area contributed by atoms with Crippen molar-refractivity contribution in [3.05, 3.63) is 0 Å². The second-order valence-electron chi connectivity index (χ2n) is 0.532. The first-order chi connectivity index (χ1) is 3.46. The summed E-state index contributed by atoms with van der Waals surface area (Å²) in [7, 11) is 0. The zero-order valence-corrected chi connectivity index (χ0v) is 18.5. The van der Waals surface area contributed by atoms with Crippen LogP contribution in [0.15, 0.2) is 0 Å². The first-order valence-corrected chi connectivity index (χ1v) is 1.26. The van der Waals surface area contributed by atoms with Crippen molar-refractivity contribution in [1.82, 2.24) is 0 Å². The Labute approximate surface area is 190 Å². The summed E-state index contributed by atoms with van der Waals surface area (Å²) in [6.07, 6.45) is -4.17. The maximum absolute atomic E-state index is 8.44. The summed E-state index contributed by atoms with van der Waals surface area (Å²) in [5.41, 5.74) is 0. The molecule has 0 rings (SSSR count). The molecule has 0 aromatic heterocycles. The van der Waals surface area contributed by atoms with E-state index in [0.29, 0.717) is 0 Å². The zero-order valence-electron chi connectivity index (χ0n) is 10.5. The van der Waals surface area contributed by atoms with Crippen molar-refractivity contribution in [1.29, 1.82) is 0 Å². The Balaban J connectivity index is -0.00000000257. The largest absolute Gasteiger partial charge is 1.00 e. The topological polar surface area (TPSA) is 310 Å². The molecule has 18 heavy (non-hydrogen) atoms. The van der Waals surface area contributed by atoms with Crippen LogP contribution in [0.4, 0.5) is 9.59 Å². The van der Waals surface area contributed by atoms with Crippen LogP contribution in [0.25, 0.3) is 0 Å². The first-order valence-electron chi connectivity index (χ1n) is 1.26. The summed E-state index contributed by atoms with van der Waals surface area (Å²) in [6.45, 7) is 0. The Kier molecular flexibility index (Phi) is 572. The van der Waals surface area contributed by atoms with E-state index < -0.39 is 12.3 Å². The van der Waals surface area contributed by atoms with Crippen molar-refractivity contribution >= 4 is 12.3 Å². The van der Waals surface area contributed by atoms with Crippen molar-refractivity contribution in [3.63, 3.8) is 0 Å². The molecule has 0 aromatic carbocycles. The fraction of sp³-hybridized carbons (Fsp3) is 0. The van der Waals surface area contributed by atoms with Crippen molar-refractivity contribution in [3.8, 4) is 0 Å². The van der Waals surface area contributed by atoms with Gasteiger partial charge in [-0.3, -0.25) is 0 Å². The van der Waals surface area contributed by atoms with Crippen molar-refractivity contribution in [2.24, 2.45) is 0 Å². The van der Waals surface area contributed by atoms with Crippen LogP contribution < -0.4 is 128 Å². The average Bonchev–Trinajstić information content (AvgIpc) is 1.25. The van der Waals surface area contributed by atoms with Crippen LogP contribution in [-0.2, 0) is 0 Å². The van der Waals surface area contributed by atoms with Crippen LogP contribution in [-0.4, -0.2) is 55.4 Å². The van der Waals surface area contributed by atoms with E-state index in [1.54, 1.807) is 0 Å². The minimum Gasteiger partial charge on any atom is -0.565 e. The van der Waals surface area contributed by atoms with Gasteiger partial charge >= 0.3 is 118 Å². The van der Waals surface area contributed by atoms with Gasteiger partial charge < -0.3 is 62.9 Å². The molecule has 0 aliphatic rings. The van der Waals surface area contributed by atoms with Crippen molar-refractivity contribution in [2.45, 2.75) is 0 Å². The third-order valence-corrected chi connectivity index (χ3v) is 0. The Morgan fingerprint density at radius 3 is 0.556 bits per heavy atom. The van der Waals surface area contributed by atoms with Crippen LogP contribution >= 0.6 is 0 Å². The van der Waals surface area contributed by atoms with Crippen LogP contribution in [0.5, 0.6) is 0 Å². The van der Waals surface area contributed by atoms with Crippen LogP contribution in [0.1, 0.15) is 0 Å². The average molecular weight is 322 g/mol. The van der Waals surface area contributed by atoms with Gasteiger partial charge in [-0.1, -0.05) is 0 Å². The number of hydrogen-bond acceptors (Lipinski definition) is 4. The van der Waals surface area contributed by atoms with E-state index in [1.807, 2.05) is 0 Å². The standard InChI is InChI=1S/2CH2O3.4Na.6H2O/c2*2-1(3)4;;;;;;;;;;/h2*(H2,2,3,4);;;;;6*1H2/q;;4*+1;;;;;;/p-2. The normalized spacial score (nSPS) is 2.67. The third kappa shape index (κ3) is 1040. The minimum absolute atomic E-state index is 0. The zero-order chi connectivity index (χ0) is 7.15. The molecular weight excluding hydrogens is 308 g/mol. The monoisotopic (exact) mass is 322 g/mol. The molecular formula is C2H14Na4O12+2. The number of carbonyl (C=O) groups is 2. The Bertz CT molecular complexity index is 80.1. The van der Waals surface area contributed by atoms with Gasteiger partial charge in [-0.2, -0.15) is 0 Å². The quantitative estimate of drug-likeness (QED) is 0.407. The van der Waals surface area contributed by atoms with Gasteiger partial charge in [0.15, 0.2) is 0 Å². The first kappa shape index (κ1) is 110. The summed E-state index contributed by atoms with van der Waals surface area (Å²) in [6, 6.07) is 0. The van der Waals surface area contributed by atoms with Gasteiger partial charge in [0.05, 0.1) is 0 Å². The summed E-state index contributed by atoms with van der Waals surface area (Å²) in [5, 5.41) is 30.6. The summed E-state index contributed by atoms with van der Waals surface area (Å²) >= 11 is 0. The predicted octanol–water partition coefficient (Wildman–Crippen LogP) is -19.2. The third-order valence-electron chi connectivity index (χ3n) is 0. The van der Waals surface area contributed by atoms with Gasteiger partial charge in [-0.05, 0) is 0 Å². The van der Waals surface area contributed by atoms with Gasteiger partial charge in [0.1, 0.15) is 0 Å². The molecule has 0 amide bonds. The minimum atomic E-state index is -2.08. The maximum Gasteiger partial charge on any atom is 1.00 e. The molecule has 0 atom stereocenters. The van der Waals surface area contributed by atoms with Crippen LogP contribution in [0.2, 0.25) is 0 Å². The maximum atomic E-state index is 8.44. The van der Waals surface area contributed by atoms with Crippen molar-refractivity contribution in [2.75, 3.05) is 0 Å². The van der Waals surface area contributed by atoms with Crippen molar-refractivity contribution < 1.29 is 181 Å². The van der Waals surface area contributed by atoms with Gasteiger partial charge in [-0.25, -0.2) is 0 Å². The second kappa shape index (κ2) is 93.8. The second-order valence-corrected chi connectivity index (χ2v) is 0.532. The van der Waals surface area contributed by atoms with E-state index in [0.717, 1.165) is 0 Å². The van der Waals surface area contributed by atoms with E-state index >= 15 is 0 Å². The summed E-state index contributed by atoms with van der Waals surface area (Å²) in [5.74, 6) is 0. The Hall–Kier alpha value is 2.30. The Morgan fingerprint density at radius 2 is 0.556 bits per heavy atom. The fourth-order valence-electron chi connectivity index (χ4n) is 0. The molecule has 0 bridgehead atoms. The van der Waals surface area contributed by atoms with Gasteiger partial charge in [-0.15, -0.1) is 0 Å². The molecule has 0 radical (unpaired) electrons. The predicted molar refractivity (Wildman–Crippen MR) is 37.7 cm³/mol. The molecule has 0 unspecified atom stereocenters.